The Labute approximate surface area is 225 Å². The van der Waals surface area contributed by atoms with Crippen molar-refractivity contribution >= 4 is 29.0 Å². The highest BCUT2D eigenvalue weighted by molar-refractivity contribution is 5.90. The van der Waals surface area contributed by atoms with Crippen LogP contribution in [-0.2, 0) is 29.1 Å². The van der Waals surface area contributed by atoms with Crippen LogP contribution in [0.3, 0.4) is 0 Å². The predicted molar refractivity (Wildman–Crippen MR) is 146 cm³/mol. The Kier molecular flexibility index (Phi) is 7.67. The molecule has 39 heavy (non-hydrogen) atoms. The van der Waals surface area contributed by atoms with Gasteiger partial charge in [-0.3, -0.25) is 9.59 Å². The van der Waals surface area contributed by atoms with Crippen LogP contribution in [0, 0.1) is 11.6 Å². The number of halogens is 2. The van der Waals surface area contributed by atoms with Crippen molar-refractivity contribution in [3.63, 3.8) is 0 Å². The highest BCUT2D eigenvalue weighted by Gasteiger charge is 2.27. The van der Waals surface area contributed by atoms with Crippen LogP contribution in [0.15, 0.2) is 72.8 Å². The van der Waals surface area contributed by atoms with E-state index in [1.807, 2.05) is 28.8 Å². The van der Waals surface area contributed by atoms with E-state index in [1.165, 1.54) is 24.3 Å². The van der Waals surface area contributed by atoms with Crippen molar-refractivity contribution in [2.24, 2.45) is 0 Å². The normalized spacial score (nSPS) is 12.6. The first-order valence-electron chi connectivity index (χ1n) is 12.9. The van der Waals surface area contributed by atoms with Crippen LogP contribution in [0.4, 0.5) is 26.0 Å². The minimum absolute atomic E-state index is 0.0213. The molecule has 9 heteroatoms. The van der Waals surface area contributed by atoms with Gasteiger partial charge in [-0.15, -0.1) is 0 Å². The Morgan fingerprint density at radius 3 is 2.38 bits per heavy atom. The van der Waals surface area contributed by atoms with Crippen LogP contribution in [0.5, 0.6) is 0 Å². The van der Waals surface area contributed by atoms with Crippen LogP contribution >= 0.6 is 0 Å². The molecule has 3 aromatic carbocycles. The molecule has 0 spiro atoms. The molecule has 0 radical (unpaired) electrons. The summed E-state index contributed by atoms with van der Waals surface area (Å²) < 4.78 is 29.5. The van der Waals surface area contributed by atoms with Gasteiger partial charge >= 0.3 is 0 Å². The third-order valence-corrected chi connectivity index (χ3v) is 6.72. The zero-order valence-electron chi connectivity index (χ0n) is 21.6. The molecule has 2 N–H and O–H groups in total. The molecule has 0 atom stereocenters. The fourth-order valence-corrected chi connectivity index (χ4v) is 4.59. The number of hydrogen-bond acceptors (Lipinski definition) is 4. The first-order chi connectivity index (χ1) is 18.9. The quantitative estimate of drug-likeness (QED) is 0.298. The summed E-state index contributed by atoms with van der Waals surface area (Å²) in [5.41, 5.74) is 3.60. The number of anilines is 3. The molecular weight excluding hydrogens is 500 g/mol. The molecule has 7 nitrogen and oxygen atoms in total. The SMILES string of the molecule is CCC(=O)Nc1ccc(CCC(=O)N2CCn3c(nc(-c4cccc(F)c4)c3Nc3ccc(F)cc3)C2)cc1. The number of fused-ring (bicyclic) bond motifs is 1. The molecule has 0 fully saturated rings. The molecule has 200 valence electrons. The Morgan fingerprint density at radius 2 is 1.67 bits per heavy atom. The lowest BCUT2D eigenvalue weighted by atomic mass is 10.1. The van der Waals surface area contributed by atoms with Crippen LogP contribution in [0.1, 0.15) is 31.2 Å². The molecular formula is C30H29F2N5O2. The first-order valence-corrected chi connectivity index (χ1v) is 12.9. The summed E-state index contributed by atoms with van der Waals surface area (Å²) in [6.45, 7) is 3.14. The Bertz CT molecular complexity index is 1480. The second-order valence-electron chi connectivity index (χ2n) is 9.43. The zero-order valence-corrected chi connectivity index (χ0v) is 21.6. The molecule has 0 aliphatic carbocycles. The van der Waals surface area contributed by atoms with Gasteiger partial charge in [0.2, 0.25) is 11.8 Å². The standard InChI is InChI=1S/C30H29F2N5O2/c1-2-27(38)33-24-11-6-20(7-12-24)8-15-28(39)36-16-17-37-26(19-36)35-29(21-4-3-5-23(32)18-21)30(37)34-25-13-9-22(31)10-14-25/h3-7,9-14,18,34H,2,8,15-17,19H2,1H3,(H,33,38). The second kappa shape index (κ2) is 11.5. The van der Waals surface area contributed by atoms with Crippen molar-refractivity contribution in [2.45, 2.75) is 39.3 Å². The summed E-state index contributed by atoms with van der Waals surface area (Å²) in [7, 11) is 0. The molecule has 1 aliphatic heterocycles. The van der Waals surface area contributed by atoms with Crippen LogP contribution < -0.4 is 10.6 Å². The number of amides is 2. The monoisotopic (exact) mass is 529 g/mol. The molecule has 5 rings (SSSR count). The number of aryl methyl sites for hydroxylation is 1. The van der Waals surface area contributed by atoms with Gasteiger partial charge < -0.3 is 20.1 Å². The minimum atomic E-state index is -0.371. The number of hydrogen-bond donors (Lipinski definition) is 2. The molecule has 4 aromatic rings. The van der Waals surface area contributed by atoms with E-state index in [-0.39, 0.29) is 23.4 Å². The Hall–Kier alpha value is -4.53. The van der Waals surface area contributed by atoms with Crippen molar-refractivity contribution in [3.8, 4) is 11.3 Å². The van der Waals surface area contributed by atoms with Crippen molar-refractivity contribution in [1.29, 1.82) is 0 Å². The van der Waals surface area contributed by atoms with E-state index < -0.39 is 0 Å². The van der Waals surface area contributed by atoms with E-state index in [0.29, 0.717) is 67.5 Å². The molecule has 0 saturated heterocycles. The highest BCUT2D eigenvalue weighted by atomic mass is 19.1. The first kappa shape index (κ1) is 26.1. The van der Waals surface area contributed by atoms with E-state index >= 15 is 0 Å². The molecule has 0 bridgehead atoms. The van der Waals surface area contributed by atoms with E-state index in [4.69, 9.17) is 4.98 Å². The van der Waals surface area contributed by atoms with Crippen molar-refractivity contribution in [2.75, 3.05) is 17.2 Å². The summed E-state index contributed by atoms with van der Waals surface area (Å²) >= 11 is 0. The van der Waals surface area contributed by atoms with Gasteiger partial charge in [0.1, 0.15) is 29.0 Å². The maximum absolute atomic E-state index is 14.1. The molecule has 2 heterocycles. The number of carbonyl (C=O) groups is 2. The summed E-state index contributed by atoms with van der Waals surface area (Å²) in [6.07, 6.45) is 1.34. The van der Waals surface area contributed by atoms with Gasteiger partial charge in [-0.25, -0.2) is 13.8 Å². The van der Waals surface area contributed by atoms with Crippen molar-refractivity contribution in [1.82, 2.24) is 14.5 Å². The predicted octanol–water partition coefficient (Wildman–Crippen LogP) is 5.90. The summed E-state index contributed by atoms with van der Waals surface area (Å²) in [5, 5.41) is 6.14. The van der Waals surface area contributed by atoms with Gasteiger partial charge in [-0.2, -0.15) is 0 Å². The van der Waals surface area contributed by atoms with E-state index in [2.05, 4.69) is 10.6 Å². The third-order valence-electron chi connectivity index (χ3n) is 6.72. The molecule has 0 unspecified atom stereocenters. The van der Waals surface area contributed by atoms with Gasteiger partial charge in [0.05, 0.1) is 6.54 Å². The number of nitrogens with zero attached hydrogens (tertiary/aromatic N) is 3. The topological polar surface area (TPSA) is 79.3 Å². The van der Waals surface area contributed by atoms with Gasteiger partial charge in [-0.05, 0) is 60.5 Å². The lowest BCUT2D eigenvalue weighted by Gasteiger charge is -2.28. The molecule has 2 amide bonds. The zero-order chi connectivity index (χ0) is 27.4. The number of imidazole rings is 1. The van der Waals surface area contributed by atoms with Crippen LogP contribution in [0.2, 0.25) is 0 Å². The molecule has 1 aliphatic rings. The van der Waals surface area contributed by atoms with Crippen molar-refractivity contribution < 1.29 is 18.4 Å². The van der Waals surface area contributed by atoms with E-state index in [1.54, 1.807) is 36.1 Å². The van der Waals surface area contributed by atoms with E-state index in [9.17, 15) is 18.4 Å². The number of benzene rings is 3. The van der Waals surface area contributed by atoms with E-state index in [0.717, 1.165) is 11.3 Å². The Morgan fingerprint density at radius 1 is 0.923 bits per heavy atom. The largest absolute Gasteiger partial charge is 0.340 e. The fraction of sp³-hybridized carbons (Fsp3) is 0.233. The van der Waals surface area contributed by atoms with Gasteiger partial charge in [0.15, 0.2) is 0 Å². The lowest BCUT2D eigenvalue weighted by Crippen LogP contribution is -2.38. The summed E-state index contributed by atoms with van der Waals surface area (Å²) in [6, 6.07) is 19.7. The smallest absolute Gasteiger partial charge is 0.224 e. The van der Waals surface area contributed by atoms with Gasteiger partial charge in [-0.1, -0.05) is 31.2 Å². The third kappa shape index (κ3) is 6.14. The maximum Gasteiger partial charge on any atom is 0.224 e. The fourth-order valence-electron chi connectivity index (χ4n) is 4.59. The number of nitrogens with one attached hydrogen (secondary N) is 2. The molecule has 0 saturated carbocycles. The lowest BCUT2D eigenvalue weighted by molar-refractivity contribution is -0.132. The average Bonchev–Trinajstić information content (AvgIpc) is 3.31. The number of aromatic nitrogens is 2. The number of carbonyl (C=O) groups excluding carboxylic acids is 2. The summed E-state index contributed by atoms with van der Waals surface area (Å²) in [4.78, 5) is 31.2. The average molecular weight is 530 g/mol. The Balaban J connectivity index is 1.31. The summed E-state index contributed by atoms with van der Waals surface area (Å²) in [5.74, 6) is 0.628. The number of rotatable bonds is 8. The van der Waals surface area contributed by atoms with Crippen molar-refractivity contribution in [3.05, 3.63) is 95.8 Å². The minimum Gasteiger partial charge on any atom is -0.340 e. The van der Waals surface area contributed by atoms with Gasteiger partial charge in [0, 0.05) is 42.9 Å². The van der Waals surface area contributed by atoms with Crippen LogP contribution in [0.25, 0.3) is 11.3 Å². The maximum atomic E-state index is 14.1. The molecule has 1 aromatic heterocycles. The van der Waals surface area contributed by atoms with Gasteiger partial charge in [0.25, 0.3) is 0 Å². The second-order valence-corrected chi connectivity index (χ2v) is 9.43. The highest BCUT2D eigenvalue weighted by Crippen LogP contribution is 2.33. The van der Waals surface area contributed by atoms with Crippen LogP contribution in [-0.4, -0.2) is 32.8 Å².